The number of thioether (sulfide) groups is 1. The zero-order valence-corrected chi connectivity index (χ0v) is 11.6. The lowest BCUT2D eigenvalue weighted by Gasteiger charge is -2.16. The summed E-state index contributed by atoms with van der Waals surface area (Å²) in [7, 11) is 0. The van der Waals surface area contributed by atoms with Crippen LogP contribution < -0.4 is 0 Å². The minimum Gasteiger partial charge on any atom is -0.478 e. The van der Waals surface area contributed by atoms with E-state index in [1.165, 1.54) is 12.8 Å². The molecule has 1 aromatic carbocycles. The van der Waals surface area contributed by atoms with E-state index < -0.39 is 5.97 Å². The number of carboxylic acid groups (broad SMARTS) is 1. The number of carboxylic acids is 1. The van der Waals surface area contributed by atoms with Gasteiger partial charge in [-0.3, -0.25) is 0 Å². The van der Waals surface area contributed by atoms with Crippen LogP contribution in [0.1, 0.15) is 29.6 Å². The van der Waals surface area contributed by atoms with E-state index in [-0.39, 0.29) is 0 Å². The summed E-state index contributed by atoms with van der Waals surface area (Å²) in [6.07, 6.45) is 7.97. The van der Waals surface area contributed by atoms with E-state index in [9.17, 15) is 4.79 Å². The molecule has 0 heterocycles. The summed E-state index contributed by atoms with van der Waals surface area (Å²) in [6.45, 7) is 0. The van der Waals surface area contributed by atoms with Gasteiger partial charge in [-0.05, 0) is 53.4 Å². The SMILES string of the molecule is O=C(O)c1cc(SC2C=CCCC2)ccc1Br. The number of rotatable bonds is 3. The Labute approximate surface area is 113 Å². The van der Waals surface area contributed by atoms with Crippen LogP contribution in [0.3, 0.4) is 0 Å². The van der Waals surface area contributed by atoms with Crippen LogP contribution >= 0.6 is 27.7 Å². The Morgan fingerprint density at radius 2 is 2.29 bits per heavy atom. The van der Waals surface area contributed by atoms with Crippen molar-refractivity contribution in [3.63, 3.8) is 0 Å². The van der Waals surface area contributed by atoms with Gasteiger partial charge in [0.2, 0.25) is 0 Å². The highest BCUT2D eigenvalue weighted by Gasteiger charge is 2.13. The Balaban J connectivity index is 2.16. The second-order valence-corrected chi connectivity index (χ2v) is 6.13. The molecule has 0 bridgehead atoms. The Morgan fingerprint density at radius 3 is 2.94 bits per heavy atom. The van der Waals surface area contributed by atoms with Crippen molar-refractivity contribution in [2.24, 2.45) is 0 Å². The van der Waals surface area contributed by atoms with E-state index in [1.54, 1.807) is 23.9 Å². The highest BCUT2D eigenvalue weighted by Crippen LogP contribution is 2.32. The summed E-state index contributed by atoms with van der Waals surface area (Å²) >= 11 is 4.99. The molecule has 1 N–H and O–H groups in total. The largest absolute Gasteiger partial charge is 0.478 e. The number of benzene rings is 1. The fraction of sp³-hybridized carbons (Fsp3) is 0.308. The minimum atomic E-state index is -0.890. The number of allylic oxidation sites excluding steroid dienone is 1. The normalized spacial score (nSPS) is 19.2. The van der Waals surface area contributed by atoms with Crippen LogP contribution in [0.4, 0.5) is 0 Å². The number of carbonyl (C=O) groups is 1. The molecule has 0 radical (unpaired) electrons. The van der Waals surface area contributed by atoms with Gasteiger partial charge in [-0.15, -0.1) is 11.8 Å². The average molecular weight is 313 g/mol. The first-order valence-electron chi connectivity index (χ1n) is 5.53. The highest BCUT2D eigenvalue weighted by atomic mass is 79.9. The number of aromatic carboxylic acids is 1. The third-order valence-corrected chi connectivity index (χ3v) is 4.58. The molecule has 2 rings (SSSR count). The molecule has 0 saturated carbocycles. The molecule has 1 aromatic rings. The highest BCUT2D eigenvalue weighted by molar-refractivity contribution is 9.10. The Morgan fingerprint density at radius 1 is 1.47 bits per heavy atom. The van der Waals surface area contributed by atoms with Crippen molar-refractivity contribution < 1.29 is 9.90 Å². The smallest absolute Gasteiger partial charge is 0.336 e. The van der Waals surface area contributed by atoms with Crippen LogP contribution in [0.2, 0.25) is 0 Å². The van der Waals surface area contributed by atoms with Gasteiger partial charge in [-0.1, -0.05) is 12.2 Å². The van der Waals surface area contributed by atoms with Crippen LogP contribution in [0.25, 0.3) is 0 Å². The maximum absolute atomic E-state index is 11.0. The maximum Gasteiger partial charge on any atom is 0.336 e. The van der Waals surface area contributed by atoms with Gasteiger partial charge in [0.25, 0.3) is 0 Å². The molecule has 17 heavy (non-hydrogen) atoms. The summed E-state index contributed by atoms with van der Waals surface area (Å²) < 4.78 is 0.633. The first kappa shape index (κ1) is 12.7. The quantitative estimate of drug-likeness (QED) is 0.843. The molecule has 0 amide bonds. The molecule has 4 heteroatoms. The predicted molar refractivity (Wildman–Crippen MR) is 73.7 cm³/mol. The Hall–Kier alpha value is -0.740. The third kappa shape index (κ3) is 3.36. The topological polar surface area (TPSA) is 37.3 Å². The summed E-state index contributed by atoms with van der Waals surface area (Å²) in [6, 6.07) is 5.50. The van der Waals surface area contributed by atoms with Crippen molar-refractivity contribution in [3.8, 4) is 0 Å². The number of hydrogen-bond donors (Lipinski definition) is 1. The summed E-state index contributed by atoms with van der Waals surface area (Å²) in [5.74, 6) is -0.890. The summed E-state index contributed by atoms with van der Waals surface area (Å²) in [5.41, 5.74) is 0.329. The van der Waals surface area contributed by atoms with E-state index in [2.05, 4.69) is 28.1 Å². The van der Waals surface area contributed by atoms with Gasteiger partial charge < -0.3 is 5.11 Å². The van der Waals surface area contributed by atoms with Crippen molar-refractivity contribution in [3.05, 3.63) is 40.4 Å². The van der Waals surface area contributed by atoms with Crippen LogP contribution in [0.15, 0.2) is 39.7 Å². The first-order valence-corrected chi connectivity index (χ1v) is 7.20. The van der Waals surface area contributed by atoms with Crippen molar-refractivity contribution in [1.82, 2.24) is 0 Å². The average Bonchev–Trinajstić information content (AvgIpc) is 2.32. The Kier molecular flexibility index (Phi) is 4.29. The van der Waals surface area contributed by atoms with Crippen molar-refractivity contribution in [2.45, 2.75) is 29.4 Å². The fourth-order valence-corrected chi connectivity index (χ4v) is 3.37. The molecule has 1 aliphatic rings. The van der Waals surface area contributed by atoms with Crippen molar-refractivity contribution >= 4 is 33.7 Å². The monoisotopic (exact) mass is 312 g/mol. The van der Waals surface area contributed by atoms with E-state index >= 15 is 0 Å². The van der Waals surface area contributed by atoms with Gasteiger partial charge in [0.05, 0.1) is 5.56 Å². The number of halogens is 1. The fourth-order valence-electron chi connectivity index (χ4n) is 1.80. The van der Waals surface area contributed by atoms with E-state index in [4.69, 9.17) is 5.11 Å². The molecule has 1 unspecified atom stereocenters. The molecule has 0 aromatic heterocycles. The predicted octanol–water partition coefficient (Wildman–Crippen LogP) is 4.35. The zero-order chi connectivity index (χ0) is 12.3. The van der Waals surface area contributed by atoms with Crippen molar-refractivity contribution in [2.75, 3.05) is 0 Å². The van der Waals surface area contributed by atoms with Gasteiger partial charge in [0.15, 0.2) is 0 Å². The molecule has 90 valence electrons. The number of hydrogen-bond acceptors (Lipinski definition) is 2. The lowest BCUT2D eigenvalue weighted by Crippen LogP contribution is -2.03. The molecule has 0 saturated heterocycles. The second kappa shape index (κ2) is 5.74. The molecule has 2 nitrogen and oxygen atoms in total. The second-order valence-electron chi connectivity index (χ2n) is 3.96. The van der Waals surface area contributed by atoms with Gasteiger partial charge in [0.1, 0.15) is 0 Å². The maximum atomic E-state index is 11.0. The van der Waals surface area contributed by atoms with Crippen LogP contribution in [0, 0.1) is 0 Å². The molecule has 1 atom stereocenters. The molecule has 0 aliphatic heterocycles. The summed E-state index contributed by atoms with van der Waals surface area (Å²) in [4.78, 5) is 12.0. The summed E-state index contributed by atoms with van der Waals surface area (Å²) in [5, 5.41) is 9.52. The standard InChI is InChI=1S/C13H13BrO2S/c14-12-7-6-10(8-11(12)13(15)16)17-9-4-2-1-3-5-9/h2,4,6-9H,1,3,5H2,(H,15,16). The van der Waals surface area contributed by atoms with E-state index in [1.807, 2.05) is 6.07 Å². The third-order valence-electron chi connectivity index (χ3n) is 2.67. The van der Waals surface area contributed by atoms with E-state index in [0.29, 0.717) is 15.3 Å². The van der Waals surface area contributed by atoms with Crippen LogP contribution in [-0.4, -0.2) is 16.3 Å². The molecule has 1 aliphatic carbocycles. The van der Waals surface area contributed by atoms with Gasteiger partial charge >= 0.3 is 5.97 Å². The zero-order valence-electron chi connectivity index (χ0n) is 9.23. The van der Waals surface area contributed by atoms with Gasteiger partial charge in [-0.2, -0.15) is 0 Å². The lowest BCUT2D eigenvalue weighted by atomic mass is 10.1. The van der Waals surface area contributed by atoms with E-state index in [0.717, 1.165) is 11.3 Å². The molecule has 0 spiro atoms. The van der Waals surface area contributed by atoms with Gasteiger partial charge in [0, 0.05) is 14.6 Å². The molecular formula is C13H13BrO2S. The first-order chi connectivity index (χ1) is 8.16. The Bertz CT molecular complexity index is 457. The molecular weight excluding hydrogens is 300 g/mol. The van der Waals surface area contributed by atoms with Crippen molar-refractivity contribution in [1.29, 1.82) is 0 Å². The van der Waals surface area contributed by atoms with Crippen LogP contribution in [0.5, 0.6) is 0 Å². The lowest BCUT2D eigenvalue weighted by molar-refractivity contribution is 0.0695. The minimum absolute atomic E-state index is 0.329. The van der Waals surface area contributed by atoms with Crippen LogP contribution in [-0.2, 0) is 0 Å². The van der Waals surface area contributed by atoms with Gasteiger partial charge in [-0.25, -0.2) is 4.79 Å². The molecule has 0 fully saturated rings.